The van der Waals surface area contributed by atoms with Gasteiger partial charge in [0.15, 0.2) is 5.65 Å². The van der Waals surface area contributed by atoms with Crippen molar-refractivity contribution in [1.29, 1.82) is 0 Å². The number of carbonyl (C=O) groups excluding carboxylic acids is 1. The van der Waals surface area contributed by atoms with Crippen LogP contribution in [0.25, 0.3) is 22.3 Å². The molecular weight excluding hydrogens is 388 g/mol. The highest BCUT2D eigenvalue weighted by atomic mass is 16.3. The van der Waals surface area contributed by atoms with Gasteiger partial charge in [-0.2, -0.15) is 5.10 Å². The maximum atomic E-state index is 13.5. The number of aryl methyl sites for hydroxylation is 3. The topological polar surface area (TPSA) is 73.0 Å². The Morgan fingerprint density at radius 3 is 2.77 bits per heavy atom. The molecule has 5 rings (SSSR count). The zero-order chi connectivity index (χ0) is 21.7. The molecule has 1 N–H and O–H groups in total. The molecule has 0 saturated heterocycles. The van der Waals surface area contributed by atoms with Gasteiger partial charge in [0.2, 0.25) is 0 Å². The molecule has 1 atom stereocenters. The second-order valence-corrected chi connectivity index (χ2v) is 8.57. The summed E-state index contributed by atoms with van der Waals surface area (Å²) < 4.78 is 7.59. The first kappa shape index (κ1) is 19.5. The van der Waals surface area contributed by atoms with Crippen LogP contribution in [0.15, 0.2) is 47.0 Å². The number of fused-ring (bicyclic) bond motifs is 2. The summed E-state index contributed by atoms with van der Waals surface area (Å²) in [6.45, 7) is 7.95. The van der Waals surface area contributed by atoms with Crippen molar-refractivity contribution in [2.24, 2.45) is 0 Å². The van der Waals surface area contributed by atoms with Gasteiger partial charge in [-0.3, -0.25) is 4.79 Å². The fourth-order valence-corrected chi connectivity index (χ4v) is 4.55. The van der Waals surface area contributed by atoms with Crippen LogP contribution in [-0.4, -0.2) is 20.7 Å². The van der Waals surface area contributed by atoms with Crippen LogP contribution < -0.4 is 5.32 Å². The van der Waals surface area contributed by atoms with E-state index in [9.17, 15) is 4.79 Å². The number of hydrogen-bond donors (Lipinski definition) is 1. The van der Waals surface area contributed by atoms with Gasteiger partial charge < -0.3 is 9.73 Å². The number of carbonyl (C=O) groups is 1. The van der Waals surface area contributed by atoms with E-state index in [2.05, 4.69) is 42.5 Å². The number of furan rings is 1. The van der Waals surface area contributed by atoms with Crippen LogP contribution >= 0.6 is 0 Å². The molecule has 0 spiro atoms. The van der Waals surface area contributed by atoms with E-state index in [-0.39, 0.29) is 18.0 Å². The lowest BCUT2D eigenvalue weighted by Gasteiger charge is -2.15. The largest absolute Gasteiger partial charge is 0.466 e. The molecule has 4 aromatic rings. The SMILES string of the molecule is Cc1cc(-c2cc(C(=O)N[C@H]3CCc4ccccc43)c3cnn(C(C)C)c3n2)c(C)o1. The van der Waals surface area contributed by atoms with Crippen molar-refractivity contribution < 1.29 is 9.21 Å². The van der Waals surface area contributed by atoms with Gasteiger partial charge in [-0.1, -0.05) is 24.3 Å². The summed E-state index contributed by atoms with van der Waals surface area (Å²) in [7, 11) is 0. The molecule has 0 fully saturated rings. The fourth-order valence-electron chi connectivity index (χ4n) is 4.55. The second-order valence-electron chi connectivity index (χ2n) is 8.57. The number of rotatable bonds is 4. The van der Waals surface area contributed by atoms with Gasteiger partial charge in [0.1, 0.15) is 11.5 Å². The highest BCUT2D eigenvalue weighted by Crippen LogP contribution is 2.33. The van der Waals surface area contributed by atoms with E-state index in [0.29, 0.717) is 11.2 Å². The van der Waals surface area contributed by atoms with Crippen LogP contribution in [0.2, 0.25) is 0 Å². The standard InChI is InChI=1S/C25H26N4O2/c1-14(2)29-24-21(13-26-29)20(12-23(27-24)19-11-15(3)31-16(19)4)25(30)28-22-10-9-17-7-5-6-8-18(17)22/h5-8,11-14,22H,9-10H2,1-4H3,(H,28,30)/t22-/m0/s1. The maximum absolute atomic E-state index is 13.5. The molecule has 6 heteroatoms. The number of benzene rings is 1. The highest BCUT2D eigenvalue weighted by molar-refractivity contribution is 6.06. The molecule has 0 radical (unpaired) electrons. The lowest BCUT2D eigenvalue weighted by molar-refractivity contribution is 0.0938. The first-order chi connectivity index (χ1) is 14.9. The molecule has 31 heavy (non-hydrogen) atoms. The first-order valence-electron chi connectivity index (χ1n) is 10.8. The predicted molar refractivity (Wildman–Crippen MR) is 120 cm³/mol. The zero-order valence-corrected chi connectivity index (χ0v) is 18.3. The summed E-state index contributed by atoms with van der Waals surface area (Å²) in [5.41, 5.74) is 5.45. The van der Waals surface area contributed by atoms with Gasteiger partial charge in [-0.25, -0.2) is 9.67 Å². The summed E-state index contributed by atoms with van der Waals surface area (Å²) in [6, 6.07) is 12.3. The number of amides is 1. The third-order valence-corrected chi connectivity index (χ3v) is 6.06. The van der Waals surface area contributed by atoms with Crippen LogP contribution in [-0.2, 0) is 6.42 Å². The summed E-state index contributed by atoms with van der Waals surface area (Å²) in [4.78, 5) is 18.3. The van der Waals surface area contributed by atoms with Crippen molar-refractivity contribution >= 4 is 16.9 Å². The van der Waals surface area contributed by atoms with Crippen LogP contribution in [0, 0.1) is 13.8 Å². The van der Waals surface area contributed by atoms with Crippen molar-refractivity contribution in [2.45, 2.75) is 52.6 Å². The van der Waals surface area contributed by atoms with Crippen LogP contribution in [0.4, 0.5) is 0 Å². The third kappa shape index (κ3) is 3.32. The van der Waals surface area contributed by atoms with Gasteiger partial charge in [-0.15, -0.1) is 0 Å². The quantitative estimate of drug-likeness (QED) is 0.491. The summed E-state index contributed by atoms with van der Waals surface area (Å²) in [5, 5.41) is 8.54. The zero-order valence-electron chi connectivity index (χ0n) is 18.3. The van der Waals surface area contributed by atoms with E-state index in [1.807, 2.05) is 36.7 Å². The van der Waals surface area contributed by atoms with Gasteiger partial charge in [0.25, 0.3) is 5.91 Å². The van der Waals surface area contributed by atoms with E-state index in [1.165, 1.54) is 11.1 Å². The van der Waals surface area contributed by atoms with Crippen LogP contribution in [0.1, 0.15) is 65.4 Å². The van der Waals surface area contributed by atoms with E-state index in [1.54, 1.807) is 6.20 Å². The van der Waals surface area contributed by atoms with Gasteiger partial charge in [0.05, 0.1) is 28.9 Å². The minimum atomic E-state index is -0.100. The molecule has 1 aliphatic rings. The average molecular weight is 415 g/mol. The van der Waals surface area contributed by atoms with Crippen molar-refractivity contribution in [3.8, 4) is 11.3 Å². The number of hydrogen-bond acceptors (Lipinski definition) is 4. The molecule has 0 bridgehead atoms. The summed E-state index contributed by atoms with van der Waals surface area (Å²) in [5.74, 6) is 1.51. The fraction of sp³-hybridized carbons (Fsp3) is 0.320. The maximum Gasteiger partial charge on any atom is 0.252 e. The predicted octanol–water partition coefficient (Wildman–Crippen LogP) is 5.31. The van der Waals surface area contributed by atoms with Gasteiger partial charge in [0, 0.05) is 11.6 Å². The third-order valence-electron chi connectivity index (χ3n) is 6.06. The number of nitrogens with one attached hydrogen (secondary N) is 1. The monoisotopic (exact) mass is 414 g/mol. The van der Waals surface area contributed by atoms with Crippen LogP contribution in [0.3, 0.4) is 0 Å². The minimum absolute atomic E-state index is 0.0217. The Hall–Kier alpha value is -3.41. The van der Waals surface area contributed by atoms with E-state index < -0.39 is 0 Å². The second kappa shape index (κ2) is 7.38. The molecule has 6 nitrogen and oxygen atoms in total. The number of nitrogens with zero attached hydrogens (tertiary/aromatic N) is 3. The van der Waals surface area contributed by atoms with Crippen molar-refractivity contribution in [3.05, 3.63) is 70.8 Å². The first-order valence-corrected chi connectivity index (χ1v) is 10.8. The lowest BCUT2D eigenvalue weighted by atomic mass is 10.0. The number of aromatic nitrogens is 3. The van der Waals surface area contributed by atoms with Gasteiger partial charge >= 0.3 is 0 Å². The Morgan fingerprint density at radius 1 is 1.23 bits per heavy atom. The molecule has 1 aliphatic carbocycles. The van der Waals surface area contributed by atoms with Crippen molar-refractivity contribution in [1.82, 2.24) is 20.1 Å². The van der Waals surface area contributed by atoms with E-state index in [4.69, 9.17) is 9.40 Å². The smallest absolute Gasteiger partial charge is 0.252 e. The van der Waals surface area contributed by atoms with Crippen molar-refractivity contribution in [2.75, 3.05) is 0 Å². The molecule has 1 aromatic carbocycles. The van der Waals surface area contributed by atoms with Gasteiger partial charge in [-0.05, 0) is 63.8 Å². The molecular formula is C25H26N4O2. The molecule has 3 heterocycles. The van der Waals surface area contributed by atoms with E-state index in [0.717, 1.165) is 41.0 Å². The normalized spacial score (nSPS) is 15.6. The molecule has 0 aliphatic heterocycles. The highest BCUT2D eigenvalue weighted by Gasteiger charge is 2.26. The van der Waals surface area contributed by atoms with E-state index >= 15 is 0 Å². The molecule has 0 unspecified atom stereocenters. The Kier molecular flexibility index (Phi) is 4.65. The Morgan fingerprint density at radius 2 is 2.03 bits per heavy atom. The molecule has 158 valence electrons. The molecule has 0 saturated carbocycles. The van der Waals surface area contributed by atoms with Crippen LogP contribution in [0.5, 0.6) is 0 Å². The number of pyridine rings is 1. The Bertz CT molecular complexity index is 1300. The lowest BCUT2D eigenvalue weighted by Crippen LogP contribution is -2.27. The molecule has 1 amide bonds. The summed E-state index contributed by atoms with van der Waals surface area (Å²) >= 11 is 0. The Balaban J connectivity index is 1.60. The summed E-state index contributed by atoms with van der Waals surface area (Å²) in [6.07, 6.45) is 3.64. The molecule has 3 aromatic heterocycles. The minimum Gasteiger partial charge on any atom is -0.466 e. The Labute approximate surface area is 181 Å². The average Bonchev–Trinajstić information content (AvgIpc) is 3.44. The van der Waals surface area contributed by atoms with Crippen molar-refractivity contribution in [3.63, 3.8) is 0 Å².